The van der Waals surface area contributed by atoms with Crippen molar-refractivity contribution in [2.24, 2.45) is 0 Å². The van der Waals surface area contributed by atoms with E-state index in [1.54, 1.807) is 17.4 Å². The summed E-state index contributed by atoms with van der Waals surface area (Å²) in [5.41, 5.74) is -0.582. The summed E-state index contributed by atoms with van der Waals surface area (Å²) in [7, 11) is 0. The van der Waals surface area contributed by atoms with Gasteiger partial charge in [-0.1, -0.05) is 0 Å². The van der Waals surface area contributed by atoms with Crippen LogP contribution in [-0.4, -0.2) is 39.8 Å². The van der Waals surface area contributed by atoms with Gasteiger partial charge in [-0.2, -0.15) is 0 Å². The molecule has 2 rings (SSSR count). The van der Waals surface area contributed by atoms with Gasteiger partial charge >= 0.3 is 5.97 Å². The SMILES string of the molecule is CC1(O)CCCN(Cc2ccc(/C=C/C(=O)O)s2)C1. The molecule has 1 aromatic rings. The minimum atomic E-state index is -0.929. The average molecular weight is 281 g/mol. The number of carboxylic acids is 1. The monoisotopic (exact) mass is 281 g/mol. The molecule has 1 aliphatic heterocycles. The van der Waals surface area contributed by atoms with Crippen molar-refractivity contribution in [3.8, 4) is 0 Å². The molecule has 1 fully saturated rings. The molecule has 104 valence electrons. The second-order valence-corrected chi connectivity index (χ2v) is 6.49. The van der Waals surface area contributed by atoms with E-state index in [2.05, 4.69) is 4.90 Å². The molecule has 2 N–H and O–H groups in total. The minimum Gasteiger partial charge on any atom is -0.478 e. The number of carbonyl (C=O) groups is 1. The fraction of sp³-hybridized carbons (Fsp3) is 0.500. The molecule has 0 aliphatic carbocycles. The Bertz CT molecular complexity index is 479. The molecule has 0 spiro atoms. The van der Waals surface area contributed by atoms with Gasteiger partial charge in [-0.05, 0) is 44.5 Å². The van der Waals surface area contributed by atoms with Gasteiger partial charge in [-0.25, -0.2) is 4.79 Å². The summed E-state index contributed by atoms with van der Waals surface area (Å²) in [6.07, 6.45) is 4.65. The predicted octanol–water partition coefficient (Wildman–Crippen LogP) is 2.19. The number of thiophene rings is 1. The molecular formula is C14H19NO3S. The van der Waals surface area contributed by atoms with Crippen molar-refractivity contribution < 1.29 is 15.0 Å². The first-order valence-corrected chi connectivity index (χ1v) is 7.21. The maximum absolute atomic E-state index is 10.4. The highest BCUT2D eigenvalue weighted by Gasteiger charge is 2.28. The zero-order chi connectivity index (χ0) is 13.9. The molecule has 0 saturated carbocycles. The van der Waals surface area contributed by atoms with E-state index in [0.29, 0.717) is 6.54 Å². The quantitative estimate of drug-likeness (QED) is 0.831. The molecule has 19 heavy (non-hydrogen) atoms. The van der Waals surface area contributed by atoms with Crippen molar-refractivity contribution in [1.82, 2.24) is 4.90 Å². The largest absolute Gasteiger partial charge is 0.478 e. The third kappa shape index (κ3) is 4.45. The van der Waals surface area contributed by atoms with Crippen LogP contribution < -0.4 is 0 Å². The fourth-order valence-electron chi connectivity index (χ4n) is 2.40. The summed E-state index contributed by atoms with van der Waals surface area (Å²) in [5.74, 6) is -0.929. The Labute approximate surface area is 117 Å². The summed E-state index contributed by atoms with van der Waals surface area (Å²) in [6.45, 7) is 4.41. The van der Waals surface area contributed by atoms with E-state index in [4.69, 9.17) is 5.11 Å². The maximum Gasteiger partial charge on any atom is 0.328 e. The van der Waals surface area contributed by atoms with Crippen LogP contribution >= 0.6 is 11.3 Å². The van der Waals surface area contributed by atoms with Crippen molar-refractivity contribution in [3.63, 3.8) is 0 Å². The molecule has 1 saturated heterocycles. The minimum absolute atomic E-state index is 0.582. The average Bonchev–Trinajstić information content (AvgIpc) is 2.73. The van der Waals surface area contributed by atoms with E-state index >= 15 is 0 Å². The lowest BCUT2D eigenvalue weighted by Gasteiger charge is -2.36. The number of aliphatic carboxylic acids is 1. The van der Waals surface area contributed by atoms with E-state index in [9.17, 15) is 9.90 Å². The molecule has 1 aliphatic rings. The van der Waals surface area contributed by atoms with E-state index in [-0.39, 0.29) is 0 Å². The first kappa shape index (κ1) is 14.2. The zero-order valence-corrected chi connectivity index (χ0v) is 11.8. The lowest BCUT2D eigenvalue weighted by molar-refractivity contribution is -0.131. The Balaban J connectivity index is 1.94. The summed E-state index contributed by atoms with van der Waals surface area (Å²) in [6, 6.07) is 3.96. The third-order valence-corrected chi connectivity index (χ3v) is 4.24. The summed E-state index contributed by atoms with van der Waals surface area (Å²) >= 11 is 1.60. The number of carboxylic acid groups (broad SMARTS) is 1. The number of hydrogen-bond acceptors (Lipinski definition) is 4. The normalized spacial score (nSPS) is 24.9. The number of aliphatic hydroxyl groups is 1. The Morgan fingerprint density at radius 2 is 2.37 bits per heavy atom. The van der Waals surface area contributed by atoms with Gasteiger partial charge in [0.25, 0.3) is 0 Å². The first-order chi connectivity index (χ1) is 8.94. The highest BCUT2D eigenvalue weighted by atomic mass is 32.1. The van der Waals surface area contributed by atoms with Gasteiger partial charge in [0, 0.05) is 28.9 Å². The predicted molar refractivity (Wildman–Crippen MR) is 76.1 cm³/mol. The maximum atomic E-state index is 10.4. The Hall–Kier alpha value is -1.17. The van der Waals surface area contributed by atoms with Crippen molar-refractivity contribution in [3.05, 3.63) is 28.0 Å². The molecule has 0 radical (unpaired) electrons. The topological polar surface area (TPSA) is 60.8 Å². The van der Waals surface area contributed by atoms with Crippen LogP contribution in [-0.2, 0) is 11.3 Å². The van der Waals surface area contributed by atoms with Gasteiger partial charge in [0.05, 0.1) is 5.60 Å². The highest BCUT2D eigenvalue weighted by Crippen LogP contribution is 2.24. The summed E-state index contributed by atoms with van der Waals surface area (Å²) in [4.78, 5) is 14.8. The van der Waals surface area contributed by atoms with Crippen LogP contribution in [0, 0.1) is 0 Å². The second kappa shape index (κ2) is 5.86. The summed E-state index contributed by atoms with van der Waals surface area (Å²) in [5, 5.41) is 18.6. The van der Waals surface area contributed by atoms with Gasteiger partial charge in [0.15, 0.2) is 0 Å². The van der Waals surface area contributed by atoms with Crippen LogP contribution in [0.2, 0.25) is 0 Å². The lowest BCUT2D eigenvalue weighted by atomic mass is 9.95. The number of nitrogens with zero attached hydrogens (tertiary/aromatic N) is 1. The van der Waals surface area contributed by atoms with E-state index < -0.39 is 11.6 Å². The highest BCUT2D eigenvalue weighted by molar-refractivity contribution is 7.12. The second-order valence-electron chi connectivity index (χ2n) is 5.29. The van der Waals surface area contributed by atoms with Crippen molar-refractivity contribution in [2.45, 2.75) is 31.9 Å². The fourth-order valence-corrected chi connectivity index (χ4v) is 3.36. The van der Waals surface area contributed by atoms with Crippen LogP contribution in [0.15, 0.2) is 18.2 Å². The van der Waals surface area contributed by atoms with Crippen LogP contribution in [0.3, 0.4) is 0 Å². The van der Waals surface area contributed by atoms with Crippen LogP contribution in [0.5, 0.6) is 0 Å². The van der Waals surface area contributed by atoms with Crippen LogP contribution in [0.1, 0.15) is 29.5 Å². The molecule has 0 amide bonds. The summed E-state index contributed by atoms with van der Waals surface area (Å²) < 4.78 is 0. The molecule has 1 aromatic heterocycles. The Morgan fingerprint density at radius 1 is 1.58 bits per heavy atom. The first-order valence-electron chi connectivity index (χ1n) is 6.39. The smallest absolute Gasteiger partial charge is 0.328 e. The van der Waals surface area contributed by atoms with Crippen LogP contribution in [0.4, 0.5) is 0 Å². The Kier molecular flexibility index (Phi) is 4.39. The number of β-amino-alcohol motifs (C(OH)–C–C–N with tert-alkyl or cyclic N) is 1. The third-order valence-electron chi connectivity index (χ3n) is 3.21. The van der Waals surface area contributed by atoms with Gasteiger partial charge in [0.2, 0.25) is 0 Å². The molecule has 4 nitrogen and oxygen atoms in total. The number of likely N-dealkylation sites (tertiary alicyclic amines) is 1. The standard InChI is InChI=1S/C14H19NO3S/c1-14(18)7-2-8-15(10-14)9-12-4-3-11(19-12)5-6-13(16)17/h3-6,18H,2,7-10H2,1H3,(H,16,17)/b6-5+. The van der Waals surface area contributed by atoms with E-state index in [1.165, 1.54) is 4.88 Å². The molecule has 2 heterocycles. The molecule has 1 unspecified atom stereocenters. The Morgan fingerprint density at radius 3 is 3.05 bits per heavy atom. The molecular weight excluding hydrogens is 262 g/mol. The number of rotatable bonds is 4. The zero-order valence-electron chi connectivity index (χ0n) is 11.0. The molecule has 0 bridgehead atoms. The number of piperidine rings is 1. The van der Waals surface area contributed by atoms with Gasteiger partial charge in [-0.3, -0.25) is 4.90 Å². The van der Waals surface area contributed by atoms with E-state index in [0.717, 1.165) is 36.9 Å². The van der Waals surface area contributed by atoms with Crippen molar-refractivity contribution in [1.29, 1.82) is 0 Å². The number of hydrogen-bond donors (Lipinski definition) is 2. The molecule has 1 atom stereocenters. The molecule has 0 aromatic carbocycles. The van der Waals surface area contributed by atoms with Gasteiger partial charge < -0.3 is 10.2 Å². The van der Waals surface area contributed by atoms with Crippen molar-refractivity contribution in [2.75, 3.05) is 13.1 Å². The van der Waals surface area contributed by atoms with E-state index in [1.807, 2.05) is 19.1 Å². The molecule has 5 heteroatoms. The van der Waals surface area contributed by atoms with Gasteiger partial charge in [0.1, 0.15) is 0 Å². The van der Waals surface area contributed by atoms with Crippen molar-refractivity contribution >= 4 is 23.4 Å². The van der Waals surface area contributed by atoms with Gasteiger partial charge in [-0.15, -0.1) is 11.3 Å². The van der Waals surface area contributed by atoms with Crippen LogP contribution in [0.25, 0.3) is 6.08 Å². The lowest BCUT2D eigenvalue weighted by Crippen LogP contribution is -2.45.